The number of methoxy groups -OCH3 is 1. The van der Waals surface area contributed by atoms with Crippen LogP contribution in [0.25, 0.3) is 0 Å². The summed E-state index contributed by atoms with van der Waals surface area (Å²) in [5.74, 6) is 0.353. The molecule has 2 rings (SSSR count). The second kappa shape index (κ2) is 6.39. The van der Waals surface area contributed by atoms with Crippen molar-refractivity contribution in [2.75, 3.05) is 7.11 Å². The van der Waals surface area contributed by atoms with Crippen LogP contribution in [0.15, 0.2) is 42.5 Å². The minimum Gasteiger partial charge on any atom is -0.504 e. The van der Waals surface area contributed by atoms with Gasteiger partial charge in [0, 0.05) is 12.6 Å². The number of hydrogen-bond donors (Lipinski definition) is 2. The van der Waals surface area contributed by atoms with Crippen molar-refractivity contribution in [2.45, 2.75) is 19.5 Å². The summed E-state index contributed by atoms with van der Waals surface area (Å²) in [6.07, 6.45) is 0. The van der Waals surface area contributed by atoms with Crippen LogP contribution in [0.4, 0.5) is 4.39 Å². The molecule has 0 aliphatic heterocycles. The number of benzene rings is 2. The summed E-state index contributed by atoms with van der Waals surface area (Å²) in [6, 6.07) is 11.8. The third-order valence-electron chi connectivity index (χ3n) is 3.23. The first-order valence-corrected chi connectivity index (χ1v) is 6.45. The lowest BCUT2D eigenvalue weighted by molar-refractivity contribution is 0.372. The molecule has 0 saturated heterocycles. The minimum atomic E-state index is -0.232. The zero-order chi connectivity index (χ0) is 14.5. The number of hydrogen-bond acceptors (Lipinski definition) is 3. The molecule has 0 aliphatic carbocycles. The van der Waals surface area contributed by atoms with Crippen molar-refractivity contribution in [3.63, 3.8) is 0 Å². The molecular formula is C16H18FNO2. The number of nitrogens with one attached hydrogen (secondary N) is 1. The lowest BCUT2D eigenvalue weighted by Crippen LogP contribution is -2.18. The maximum atomic E-state index is 12.9. The van der Waals surface area contributed by atoms with E-state index in [0.717, 1.165) is 11.1 Å². The van der Waals surface area contributed by atoms with Crippen LogP contribution in [0, 0.1) is 5.82 Å². The third-order valence-corrected chi connectivity index (χ3v) is 3.23. The summed E-state index contributed by atoms with van der Waals surface area (Å²) in [5, 5.41) is 12.9. The molecule has 0 radical (unpaired) electrons. The van der Waals surface area contributed by atoms with Gasteiger partial charge in [-0.1, -0.05) is 18.2 Å². The molecular weight excluding hydrogens is 257 g/mol. The lowest BCUT2D eigenvalue weighted by Gasteiger charge is -2.15. The second-order valence-electron chi connectivity index (χ2n) is 4.66. The highest BCUT2D eigenvalue weighted by Crippen LogP contribution is 2.26. The zero-order valence-electron chi connectivity index (χ0n) is 11.6. The van der Waals surface area contributed by atoms with Gasteiger partial charge in [0.1, 0.15) is 5.82 Å². The molecule has 0 aromatic heterocycles. The fraction of sp³-hybridized carbons (Fsp3) is 0.250. The van der Waals surface area contributed by atoms with Gasteiger partial charge in [0.2, 0.25) is 0 Å². The summed E-state index contributed by atoms with van der Waals surface area (Å²) in [5.41, 5.74) is 2.03. The molecule has 0 aliphatic rings. The quantitative estimate of drug-likeness (QED) is 0.879. The molecule has 0 spiro atoms. The van der Waals surface area contributed by atoms with Crippen molar-refractivity contribution in [3.8, 4) is 11.5 Å². The van der Waals surface area contributed by atoms with E-state index in [9.17, 15) is 9.50 Å². The molecule has 0 bridgehead atoms. The maximum Gasteiger partial charge on any atom is 0.160 e. The number of phenols is 1. The second-order valence-corrected chi connectivity index (χ2v) is 4.66. The largest absolute Gasteiger partial charge is 0.504 e. The van der Waals surface area contributed by atoms with E-state index in [0.29, 0.717) is 12.3 Å². The first-order valence-electron chi connectivity index (χ1n) is 6.45. The Morgan fingerprint density at radius 1 is 1.20 bits per heavy atom. The van der Waals surface area contributed by atoms with E-state index in [-0.39, 0.29) is 17.6 Å². The fourth-order valence-corrected chi connectivity index (χ4v) is 1.97. The minimum absolute atomic E-state index is 0.107. The number of aromatic hydroxyl groups is 1. The monoisotopic (exact) mass is 275 g/mol. The molecule has 2 aromatic carbocycles. The van der Waals surface area contributed by atoms with Crippen LogP contribution in [0.2, 0.25) is 0 Å². The molecule has 2 N–H and O–H groups in total. The lowest BCUT2D eigenvalue weighted by atomic mass is 10.1. The molecule has 2 aromatic rings. The summed E-state index contributed by atoms with van der Waals surface area (Å²) in [6.45, 7) is 2.65. The highest BCUT2D eigenvalue weighted by Gasteiger charge is 2.07. The molecule has 106 valence electrons. The molecule has 0 saturated carbocycles. The van der Waals surface area contributed by atoms with E-state index in [1.807, 2.05) is 13.0 Å². The van der Waals surface area contributed by atoms with Crippen LogP contribution < -0.4 is 10.1 Å². The molecule has 0 fully saturated rings. The normalized spacial score (nSPS) is 12.2. The van der Waals surface area contributed by atoms with Gasteiger partial charge in [-0.3, -0.25) is 0 Å². The van der Waals surface area contributed by atoms with Gasteiger partial charge >= 0.3 is 0 Å². The molecule has 1 atom stereocenters. The smallest absolute Gasteiger partial charge is 0.160 e. The summed E-state index contributed by atoms with van der Waals surface area (Å²) < 4.78 is 17.9. The average Bonchev–Trinajstić information content (AvgIpc) is 2.46. The van der Waals surface area contributed by atoms with Crippen LogP contribution in [0.1, 0.15) is 24.1 Å². The van der Waals surface area contributed by atoms with Gasteiger partial charge in [-0.15, -0.1) is 0 Å². The maximum absolute atomic E-state index is 12.9. The van der Waals surface area contributed by atoms with Gasteiger partial charge in [-0.05, 0) is 42.3 Å². The fourth-order valence-electron chi connectivity index (χ4n) is 1.97. The van der Waals surface area contributed by atoms with E-state index in [4.69, 9.17) is 4.74 Å². The Kier molecular flexibility index (Phi) is 4.58. The third kappa shape index (κ3) is 3.48. The van der Waals surface area contributed by atoms with Crippen molar-refractivity contribution in [1.82, 2.24) is 5.32 Å². The number of phenolic OH excluding ortho intramolecular Hbond substituents is 1. The van der Waals surface area contributed by atoms with Crippen molar-refractivity contribution >= 4 is 0 Å². The summed E-state index contributed by atoms with van der Waals surface area (Å²) in [4.78, 5) is 0. The molecule has 4 heteroatoms. The van der Waals surface area contributed by atoms with E-state index in [1.54, 1.807) is 24.3 Å². The van der Waals surface area contributed by atoms with Crippen LogP contribution in [0.5, 0.6) is 11.5 Å². The summed E-state index contributed by atoms with van der Waals surface area (Å²) >= 11 is 0. The summed E-state index contributed by atoms with van der Waals surface area (Å²) in [7, 11) is 1.52. The topological polar surface area (TPSA) is 41.5 Å². The zero-order valence-corrected chi connectivity index (χ0v) is 11.6. The van der Waals surface area contributed by atoms with Crippen LogP contribution in [-0.4, -0.2) is 12.2 Å². The number of rotatable bonds is 5. The Morgan fingerprint density at radius 3 is 2.55 bits per heavy atom. The Balaban J connectivity index is 1.99. The van der Waals surface area contributed by atoms with E-state index in [2.05, 4.69) is 5.32 Å². The highest BCUT2D eigenvalue weighted by atomic mass is 19.1. The van der Waals surface area contributed by atoms with Crippen LogP contribution >= 0.6 is 0 Å². The van der Waals surface area contributed by atoms with Gasteiger partial charge in [0.25, 0.3) is 0 Å². The van der Waals surface area contributed by atoms with Crippen molar-refractivity contribution in [1.29, 1.82) is 0 Å². The average molecular weight is 275 g/mol. The van der Waals surface area contributed by atoms with Crippen molar-refractivity contribution in [3.05, 3.63) is 59.4 Å². The molecule has 0 amide bonds. The van der Waals surface area contributed by atoms with Crippen LogP contribution in [0.3, 0.4) is 0 Å². The Labute approximate surface area is 118 Å². The van der Waals surface area contributed by atoms with Gasteiger partial charge in [-0.25, -0.2) is 4.39 Å². The predicted octanol–water partition coefficient (Wildman–Crippen LogP) is 3.39. The van der Waals surface area contributed by atoms with E-state index < -0.39 is 0 Å². The molecule has 0 unspecified atom stereocenters. The van der Waals surface area contributed by atoms with E-state index >= 15 is 0 Å². The Morgan fingerprint density at radius 2 is 1.90 bits per heavy atom. The van der Waals surface area contributed by atoms with Gasteiger partial charge in [0.15, 0.2) is 11.5 Å². The standard InChI is InChI=1S/C16H18FNO2/c1-11(13-4-6-14(17)7-5-13)18-10-12-3-8-15(19)16(9-12)20-2/h3-9,11,18-19H,10H2,1-2H3/t11-/m0/s1. The van der Waals surface area contributed by atoms with Crippen molar-refractivity contribution < 1.29 is 14.2 Å². The van der Waals surface area contributed by atoms with Crippen LogP contribution in [-0.2, 0) is 6.54 Å². The highest BCUT2D eigenvalue weighted by molar-refractivity contribution is 5.41. The van der Waals surface area contributed by atoms with Crippen molar-refractivity contribution in [2.24, 2.45) is 0 Å². The number of halogens is 1. The van der Waals surface area contributed by atoms with E-state index in [1.165, 1.54) is 19.2 Å². The first-order chi connectivity index (χ1) is 9.60. The Hall–Kier alpha value is -2.07. The SMILES string of the molecule is COc1cc(CN[C@@H](C)c2ccc(F)cc2)ccc1O. The predicted molar refractivity (Wildman–Crippen MR) is 76.3 cm³/mol. The van der Waals surface area contributed by atoms with Gasteiger partial charge < -0.3 is 15.2 Å². The van der Waals surface area contributed by atoms with Gasteiger partial charge in [0.05, 0.1) is 7.11 Å². The molecule has 20 heavy (non-hydrogen) atoms. The first kappa shape index (κ1) is 14.3. The Bertz CT molecular complexity index is 569. The molecule has 0 heterocycles. The van der Waals surface area contributed by atoms with Gasteiger partial charge in [-0.2, -0.15) is 0 Å². The molecule has 3 nitrogen and oxygen atoms in total. The number of ether oxygens (including phenoxy) is 1.